The van der Waals surface area contributed by atoms with Gasteiger partial charge in [-0.15, -0.1) is 0 Å². The summed E-state index contributed by atoms with van der Waals surface area (Å²) in [6, 6.07) is 13.8. The van der Waals surface area contributed by atoms with E-state index in [9.17, 15) is 14.5 Å². The van der Waals surface area contributed by atoms with E-state index in [4.69, 9.17) is 11.6 Å². The van der Waals surface area contributed by atoms with Crippen LogP contribution < -0.4 is 10.9 Å². The van der Waals surface area contributed by atoms with Crippen LogP contribution in [0.5, 0.6) is 0 Å². The van der Waals surface area contributed by atoms with E-state index >= 15 is 0 Å². The fraction of sp³-hybridized carbons (Fsp3) is 0.273. The largest absolute Gasteiger partial charge is 0.329 e. The lowest BCUT2D eigenvalue weighted by molar-refractivity contribution is -0.122. The number of fused-ring (bicyclic) bond motifs is 1. The van der Waals surface area contributed by atoms with Crippen LogP contribution in [0.1, 0.15) is 24.4 Å². The standard InChI is InChI=1S/C22H21ClN4O3/c23-18-13-17-15(6-9-24-21(17)28)12-19(18)25-22(29)20(14-4-2-1-3-5-14)27-10-7-16(26-30)8-11-27/h1-6,9,12-13,16,20H,7-8,10-11H2,(H,24,28)(H,25,29). The van der Waals surface area contributed by atoms with E-state index in [2.05, 4.69) is 20.4 Å². The Balaban J connectivity index is 1.64. The zero-order valence-corrected chi connectivity index (χ0v) is 16.9. The van der Waals surface area contributed by atoms with Gasteiger partial charge in [0, 0.05) is 24.7 Å². The number of rotatable bonds is 5. The highest BCUT2D eigenvalue weighted by atomic mass is 35.5. The number of pyridine rings is 1. The topological polar surface area (TPSA) is 94.6 Å². The van der Waals surface area contributed by atoms with Gasteiger partial charge in [0.2, 0.25) is 5.91 Å². The van der Waals surface area contributed by atoms with Crippen LogP contribution in [0.15, 0.2) is 64.7 Å². The fourth-order valence-electron chi connectivity index (χ4n) is 3.92. The number of amides is 1. The summed E-state index contributed by atoms with van der Waals surface area (Å²) in [5.41, 5.74) is 1.08. The van der Waals surface area contributed by atoms with Crippen LogP contribution in [0.4, 0.5) is 5.69 Å². The van der Waals surface area contributed by atoms with Gasteiger partial charge in [0.1, 0.15) is 6.04 Å². The first-order chi connectivity index (χ1) is 14.6. The van der Waals surface area contributed by atoms with E-state index in [-0.39, 0.29) is 17.5 Å². The first-order valence-corrected chi connectivity index (χ1v) is 10.2. The number of hydrogen-bond donors (Lipinski definition) is 2. The summed E-state index contributed by atoms with van der Waals surface area (Å²) >= 11 is 6.37. The van der Waals surface area contributed by atoms with E-state index in [1.165, 1.54) is 0 Å². The highest BCUT2D eigenvalue weighted by Crippen LogP contribution is 2.30. The Morgan fingerprint density at radius 2 is 1.90 bits per heavy atom. The maximum Gasteiger partial charge on any atom is 0.255 e. The maximum absolute atomic E-state index is 13.4. The third-order valence-electron chi connectivity index (χ3n) is 5.50. The minimum atomic E-state index is -0.523. The molecule has 1 aromatic heterocycles. The number of nitrogens with one attached hydrogen (secondary N) is 2. The number of nitroso groups, excluding NO2 is 1. The molecule has 1 fully saturated rings. The molecule has 30 heavy (non-hydrogen) atoms. The SMILES string of the molecule is O=NC1CCN(C(C(=O)Nc2cc3cc[nH]c(=O)c3cc2Cl)c2ccccc2)CC1. The number of nitrogens with zero attached hydrogens (tertiary/aromatic N) is 2. The first-order valence-electron chi connectivity index (χ1n) is 9.80. The molecule has 0 spiro atoms. The molecular formula is C22H21ClN4O3. The quantitative estimate of drug-likeness (QED) is 0.603. The average molecular weight is 425 g/mol. The Hall–Kier alpha value is -3.03. The molecule has 3 aromatic rings. The molecule has 1 unspecified atom stereocenters. The summed E-state index contributed by atoms with van der Waals surface area (Å²) in [4.78, 5) is 40.9. The Labute approximate surface area is 178 Å². The molecular weight excluding hydrogens is 404 g/mol. The number of benzene rings is 2. The van der Waals surface area contributed by atoms with Gasteiger partial charge in [0.25, 0.3) is 5.56 Å². The van der Waals surface area contributed by atoms with Gasteiger partial charge >= 0.3 is 0 Å². The van der Waals surface area contributed by atoms with Crippen molar-refractivity contribution in [1.82, 2.24) is 9.88 Å². The number of H-pyrrole nitrogens is 1. The van der Waals surface area contributed by atoms with E-state index in [1.54, 1.807) is 24.4 Å². The molecule has 2 heterocycles. The van der Waals surface area contributed by atoms with Crippen molar-refractivity contribution in [1.29, 1.82) is 0 Å². The van der Waals surface area contributed by atoms with Crippen LogP contribution in [0.2, 0.25) is 5.02 Å². The van der Waals surface area contributed by atoms with Crippen LogP contribution in [0, 0.1) is 4.91 Å². The summed E-state index contributed by atoms with van der Waals surface area (Å²) in [5, 5.41) is 7.53. The van der Waals surface area contributed by atoms with Crippen molar-refractivity contribution < 1.29 is 4.79 Å². The number of aromatic nitrogens is 1. The van der Waals surface area contributed by atoms with Gasteiger partial charge in [-0.1, -0.05) is 47.1 Å². The lowest BCUT2D eigenvalue weighted by atomic mass is 9.99. The molecule has 1 aliphatic rings. The Bertz CT molecular complexity index is 1120. The first kappa shape index (κ1) is 20.3. The lowest BCUT2D eigenvalue weighted by Gasteiger charge is -2.35. The number of hydrogen-bond acceptors (Lipinski definition) is 5. The zero-order chi connectivity index (χ0) is 21.1. The van der Waals surface area contributed by atoms with E-state index in [0.717, 1.165) is 5.56 Å². The number of likely N-dealkylation sites (tertiary alicyclic amines) is 1. The van der Waals surface area contributed by atoms with Gasteiger partial charge in [-0.2, -0.15) is 4.91 Å². The zero-order valence-electron chi connectivity index (χ0n) is 16.2. The van der Waals surface area contributed by atoms with Crippen molar-refractivity contribution >= 4 is 34.0 Å². The monoisotopic (exact) mass is 424 g/mol. The van der Waals surface area contributed by atoms with Crippen LogP contribution in [-0.2, 0) is 4.79 Å². The van der Waals surface area contributed by atoms with Crippen LogP contribution in [0.3, 0.4) is 0 Å². The molecule has 1 atom stereocenters. The van der Waals surface area contributed by atoms with E-state index < -0.39 is 6.04 Å². The molecule has 0 saturated carbocycles. The molecule has 1 aliphatic heterocycles. The van der Waals surface area contributed by atoms with Crippen LogP contribution >= 0.6 is 11.6 Å². The third-order valence-corrected chi connectivity index (χ3v) is 5.81. The lowest BCUT2D eigenvalue weighted by Crippen LogP contribution is -2.43. The molecule has 1 amide bonds. The predicted octanol–water partition coefficient (Wildman–Crippen LogP) is 4.09. The van der Waals surface area contributed by atoms with E-state index in [0.29, 0.717) is 47.4 Å². The molecule has 154 valence electrons. The number of halogens is 1. The molecule has 2 aromatic carbocycles. The van der Waals surface area contributed by atoms with Gasteiger partial charge in [0.15, 0.2) is 0 Å². The third kappa shape index (κ3) is 4.13. The molecule has 2 N–H and O–H groups in total. The average Bonchev–Trinajstić information content (AvgIpc) is 2.76. The second kappa shape index (κ2) is 8.77. The molecule has 0 radical (unpaired) electrons. The van der Waals surface area contributed by atoms with Crippen molar-refractivity contribution in [2.75, 3.05) is 18.4 Å². The van der Waals surface area contributed by atoms with Crippen LogP contribution in [0.25, 0.3) is 10.8 Å². The van der Waals surface area contributed by atoms with Gasteiger partial charge in [-0.25, -0.2) is 0 Å². The molecule has 4 rings (SSSR count). The van der Waals surface area contributed by atoms with Crippen molar-refractivity contribution in [2.45, 2.75) is 24.9 Å². The van der Waals surface area contributed by atoms with Crippen molar-refractivity contribution in [3.05, 3.63) is 80.6 Å². The molecule has 0 bridgehead atoms. The van der Waals surface area contributed by atoms with Gasteiger partial charge in [0.05, 0.1) is 16.8 Å². The number of aromatic amines is 1. The van der Waals surface area contributed by atoms with E-state index in [1.807, 2.05) is 30.3 Å². The predicted molar refractivity (Wildman–Crippen MR) is 118 cm³/mol. The summed E-state index contributed by atoms with van der Waals surface area (Å²) in [7, 11) is 0. The minimum absolute atomic E-state index is 0.200. The Morgan fingerprint density at radius 1 is 1.17 bits per heavy atom. The second-order valence-electron chi connectivity index (χ2n) is 7.40. The summed E-state index contributed by atoms with van der Waals surface area (Å²) in [6.45, 7) is 1.20. The number of carbonyl (C=O) groups excluding carboxylic acids is 1. The maximum atomic E-state index is 13.4. The normalized spacial score (nSPS) is 16.3. The van der Waals surface area contributed by atoms with Gasteiger partial charge in [-0.05, 0) is 42.0 Å². The Kier molecular flexibility index (Phi) is 5.92. The molecule has 7 nitrogen and oxygen atoms in total. The number of anilines is 1. The van der Waals surface area contributed by atoms with Crippen LogP contribution in [-0.4, -0.2) is 34.9 Å². The van der Waals surface area contributed by atoms with Crippen molar-refractivity contribution in [3.63, 3.8) is 0 Å². The highest BCUT2D eigenvalue weighted by molar-refractivity contribution is 6.34. The Morgan fingerprint density at radius 3 is 2.60 bits per heavy atom. The smallest absolute Gasteiger partial charge is 0.255 e. The minimum Gasteiger partial charge on any atom is -0.329 e. The molecule has 1 saturated heterocycles. The van der Waals surface area contributed by atoms with Crippen molar-refractivity contribution in [2.24, 2.45) is 5.18 Å². The fourth-order valence-corrected chi connectivity index (χ4v) is 4.13. The summed E-state index contributed by atoms with van der Waals surface area (Å²) in [6.07, 6.45) is 2.81. The van der Waals surface area contributed by atoms with Gasteiger partial charge < -0.3 is 10.3 Å². The highest BCUT2D eigenvalue weighted by Gasteiger charge is 2.31. The molecule has 8 heteroatoms. The van der Waals surface area contributed by atoms with Gasteiger partial charge in [-0.3, -0.25) is 14.5 Å². The summed E-state index contributed by atoms with van der Waals surface area (Å²) < 4.78 is 0. The number of carbonyl (C=O) groups is 1. The van der Waals surface area contributed by atoms with Crippen molar-refractivity contribution in [3.8, 4) is 0 Å². The number of piperidine rings is 1. The second-order valence-corrected chi connectivity index (χ2v) is 7.81. The molecule has 0 aliphatic carbocycles. The summed E-state index contributed by atoms with van der Waals surface area (Å²) in [5.74, 6) is -0.218.